The van der Waals surface area contributed by atoms with Crippen LogP contribution >= 0.6 is 11.6 Å². The van der Waals surface area contributed by atoms with Gasteiger partial charge in [0.2, 0.25) is 0 Å². The number of carbonyl (C=O) groups is 3. The van der Waals surface area contributed by atoms with Crippen LogP contribution in [-0.2, 0) is 9.59 Å². The smallest absolute Gasteiger partial charge is 0.268 e. The number of halogens is 1. The average Bonchev–Trinajstić information content (AvgIpc) is 2.53. The number of amides is 2. The molecule has 23 heavy (non-hydrogen) atoms. The van der Waals surface area contributed by atoms with Crippen molar-refractivity contribution in [1.82, 2.24) is 10.6 Å². The molecule has 6 nitrogen and oxygen atoms in total. The molecule has 7 heteroatoms. The SMILES string of the molecule is C/C=C\C=C(\NC(=O)c1ccc(N)c(Cl)c1)C(=O)NC(C)C=O. The van der Waals surface area contributed by atoms with Crippen molar-refractivity contribution in [3.63, 3.8) is 0 Å². The molecule has 1 aromatic carbocycles. The Labute approximate surface area is 139 Å². The molecule has 1 atom stereocenters. The summed E-state index contributed by atoms with van der Waals surface area (Å²) in [7, 11) is 0. The van der Waals surface area contributed by atoms with E-state index in [9.17, 15) is 14.4 Å². The molecule has 0 spiro atoms. The van der Waals surface area contributed by atoms with E-state index in [0.717, 1.165) is 0 Å². The maximum atomic E-state index is 12.2. The third-order valence-electron chi connectivity index (χ3n) is 2.77. The summed E-state index contributed by atoms with van der Waals surface area (Å²) in [5, 5.41) is 5.18. The lowest BCUT2D eigenvalue weighted by atomic mass is 10.2. The zero-order chi connectivity index (χ0) is 17.4. The van der Waals surface area contributed by atoms with Crippen LogP contribution in [0.5, 0.6) is 0 Å². The number of benzene rings is 1. The van der Waals surface area contributed by atoms with E-state index in [1.807, 2.05) is 0 Å². The molecule has 0 radical (unpaired) electrons. The van der Waals surface area contributed by atoms with Crippen LogP contribution in [0.2, 0.25) is 5.02 Å². The fourth-order valence-corrected chi connectivity index (χ4v) is 1.73. The van der Waals surface area contributed by atoms with Crippen molar-refractivity contribution in [2.24, 2.45) is 0 Å². The van der Waals surface area contributed by atoms with Gasteiger partial charge in [-0.15, -0.1) is 0 Å². The average molecular weight is 336 g/mol. The van der Waals surface area contributed by atoms with E-state index in [1.165, 1.54) is 31.2 Å². The predicted octanol–water partition coefficient (Wildman–Crippen LogP) is 1.82. The minimum atomic E-state index is -0.667. The maximum absolute atomic E-state index is 12.2. The molecule has 0 aliphatic rings. The predicted molar refractivity (Wildman–Crippen MR) is 89.9 cm³/mol. The first-order chi connectivity index (χ1) is 10.9. The van der Waals surface area contributed by atoms with Gasteiger partial charge in [0, 0.05) is 5.56 Å². The molecular formula is C16H18ClN3O3. The van der Waals surface area contributed by atoms with Crippen molar-refractivity contribution >= 4 is 35.4 Å². The Morgan fingerprint density at radius 3 is 2.61 bits per heavy atom. The Hall–Kier alpha value is -2.60. The quantitative estimate of drug-likeness (QED) is 0.319. The summed E-state index contributed by atoms with van der Waals surface area (Å²) < 4.78 is 0. The van der Waals surface area contributed by atoms with Gasteiger partial charge in [-0.25, -0.2) is 0 Å². The van der Waals surface area contributed by atoms with E-state index in [2.05, 4.69) is 10.6 Å². The molecule has 1 unspecified atom stereocenters. The lowest BCUT2D eigenvalue weighted by Crippen LogP contribution is -2.39. The molecular weight excluding hydrogens is 318 g/mol. The number of nitrogens with two attached hydrogens (primary N) is 1. The highest BCUT2D eigenvalue weighted by atomic mass is 35.5. The van der Waals surface area contributed by atoms with Gasteiger partial charge in [0.05, 0.1) is 16.8 Å². The van der Waals surface area contributed by atoms with E-state index < -0.39 is 17.9 Å². The number of hydrogen-bond donors (Lipinski definition) is 3. The number of allylic oxidation sites excluding steroid dienone is 3. The molecule has 0 heterocycles. The Kier molecular flexibility index (Phi) is 7.02. The van der Waals surface area contributed by atoms with Gasteiger partial charge in [-0.1, -0.05) is 23.8 Å². The van der Waals surface area contributed by atoms with Crippen LogP contribution < -0.4 is 16.4 Å². The number of carbonyl (C=O) groups excluding carboxylic acids is 3. The minimum Gasteiger partial charge on any atom is -0.398 e. The Bertz CT molecular complexity index is 669. The largest absolute Gasteiger partial charge is 0.398 e. The van der Waals surface area contributed by atoms with Gasteiger partial charge in [-0.2, -0.15) is 0 Å². The summed E-state index contributed by atoms with van der Waals surface area (Å²) >= 11 is 5.88. The molecule has 122 valence electrons. The zero-order valence-corrected chi connectivity index (χ0v) is 13.6. The van der Waals surface area contributed by atoms with Gasteiger partial charge in [0.1, 0.15) is 12.0 Å². The van der Waals surface area contributed by atoms with E-state index in [0.29, 0.717) is 12.0 Å². The second kappa shape index (κ2) is 8.75. The minimum absolute atomic E-state index is 0.00903. The first-order valence-electron chi connectivity index (χ1n) is 6.84. The second-order valence-corrected chi connectivity index (χ2v) is 5.10. The molecule has 0 aromatic heterocycles. The summed E-state index contributed by atoms with van der Waals surface area (Å²) in [6, 6.07) is 3.74. The van der Waals surface area contributed by atoms with Crippen LogP contribution in [0.1, 0.15) is 24.2 Å². The highest BCUT2D eigenvalue weighted by molar-refractivity contribution is 6.33. The highest BCUT2D eigenvalue weighted by Gasteiger charge is 2.16. The number of aldehydes is 1. The van der Waals surface area contributed by atoms with Crippen LogP contribution in [0.25, 0.3) is 0 Å². The lowest BCUT2D eigenvalue weighted by molar-refractivity contribution is -0.120. The van der Waals surface area contributed by atoms with E-state index in [-0.39, 0.29) is 16.3 Å². The van der Waals surface area contributed by atoms with E-state index in [1.54, 1.807) is 19.1 Å². The Morgan fingerprint density at radius 2 is 2.04 bits per heavy atom. The van der Waals surface area contributed by atoms with E-state index in [4.69, 9.17) is 17.3 Å². The molecule has 1 rings (SSSR count). The van der Waals surface area contributed by atoms with E-state index >= 15 is 0 Å². The molecule has 0 aliphatic heterocycles. The highest BCUT2D eigenvalue weighted by Crippen LogP contribution is 2.19. The molecule has 0 bridgehead atoms. The first-order valence-corrected chi connectivity index (χ1v) is 7.22. The zero-order valence-electron chi connectivity index (χ0n) is 12.8. The Balaban J connectivity index is 2.96. The van der Waals surface area contributed by atoms with Gasteiger partial charge in [-0.3, -0.25) is 9.59 Å². The first kappa shape index (κ1) is 18.4. The lowest BCUT2D eigenvalue weighted by Gasteiger charge is -2.12. The summed E-state index contributed by atoms with van der Waals surface area (Å²) in [6.07, 6.45) is 5.32. The molecule has 1 aromatic rings. The summed E-state index contributed by atoms with van der Waals surface area (Å²) in [6.45, 7) is 3.29. The van der Waals surface area contributed by atoms with Gasteiger partial charge in [0.15, 0.2) is 0 Å². The normalized spacial score (nSPS) is 12.7. The van der Waals surface area contributed by atoms with Gasteiger partial charge >= 0.3 is 0 Å². The van der Waals surface area contributed by atoms with Gasteiger partial charge < -0.3 is 21.2 Å². The van der Waals surface area contributed by atoms with Crippen LogP contribution in [0, 0.1) is 0 Å². The number of anilines is 1. The molecule has 0 aliphatic carbocycles. The monoisotopic (exact) mass is 335 g/mol. The maximum Gasteiger partial charge on any atom is 0.268 e. The summed E-state index contributed by atoms with van der Waals surface area (Å²) in [5.74, 6) is -1.09. The summed E-state index contributed by atoms with van der Waals surface area (Å²) in [5.41, 5.74) is 6.21. The topological polar surface area (TPSA) is 101 Å². The van der Waals surface area contributed by atoms with Gasteiger partial charge in [0.25, 0.3) is 11.8 Å². The van der Waals surface area contributed by atoms with Crippen molar-refractivity contribution in [1.29, 1.82) is 0 Å². The number of nitrogen functional groups attached to an aromatic ring is 1. The number of rotatable bonds is 6. The third-order valence-corrected chi connectivity index (χ3v) is 3.10. The second-order valence-electron chi connectivity index (χ2n) is 4.69. The molecule has 0 saturated heterocycles. The van der Waals surface area contributed by atoms with Crippen molar-refractivity contribution in [3.8, 4) is 0 Å². The summed E-state index contributed by atoms with van der Waals surface area (Å²) in [4.78, 5) is 34.9. The standard InChI is InChI=1S/C16H18ClN3O3/c1-3-4-5-14(16(23)19-10(2)9-21)20-15(22)11-6-7-13(18)12(17)8-11/h3-10H,18H2,1-2H3,(H,19,23)(H,20,22)/b4-3-,14-5+. The van der Waals surface area contributed by atoms with Crippen LogP contribution in [0.15, 0.2) is 42.1 Å². The van der Waals surface area contributed by atoms with Crippen molar-refractivity contribution in [3.05, 3.63) is 52.7 Å². The van der Waals surface area contributed by atoms with Crippen LogP contribution in [-0.4, -0.2) is 24.1 Å². The third kappa shape index (κ3) is 5.60. The molecule has 4 N–H and O–H groups in total. The fourth-order valence-electron chi connectivity index (χ4n) is 1.55. The van der Waals surface area contributed by atoms with Crippen LogP contribution in [0.4, 0.5) is 5.69 Å². The van der Waals surface area contributed by atoms with Crippen molar-refractivity contribution in [2.45, 2.75) is 19.9 Å². The fraction of sp³-hybridized carbons (Fsp3) is 0.188. The molecule has 2 amide bonds. The molecule has 0 fully saturated rings. The van der Waals surface area contributed by atoms with Gasteiger partial charge in [-0.05, 0) is 38.1 Å². The van der Waals surface area contributed by atoms with Crippen LogP contribution in [0.3, 0.4) is 0 Å². The number of nitrogens with one attached hydrogen (secondary N) is 2. The van der Waals surface area contributed by atoms with Crippen molar-refractivity contribution in [2.75, 3.05) is 5.73 Å². The molecule has 0 saturated carbocycles. The van der Waals surface area contributed by atoms with Crippen molar-refractivity contribution < 1.29 is 14.4 Å². The number of hydrogen-bond acceptors (Lipinski definition) is 4. The Morgan fingerprint density at radius 1 is 1.35 bits per heavy atom.